The summed E-state index contributed by atoms with van der Waals surface area (Å²) in [6.45, 7) is 6.47. The van der Waals surface area contributed by atoms with E-state index in [9.17, 15) is 9.59 Å². The molecule has 0 atom stereocenters. The summed E-state index contributed by atoms with van der Waals surface area (Å²) in [6.07, 6.45) is 9.03. The second-order valence-corrected chi connectivity index (χ2v) is 5.95. The van der Waals surface area contributed by atoms with E-state index in [4.69, 9.17) is 4.42 Å². The van der Waals surface area contributed by atoms with Crippen molar-refractivity contribution >= 4 is 11.7 Å². The average Bonchev–Trinajstić information content (AvgIpc) is 3.03. The van der Waals surface area contributed by atoms with Crippen LogP contribution < -0.4 is 5.32 Å². The zero-order valence-electron chi connectivity index (χ0n) is 14.1. The van der Waals surface area contributed by atoms with Gasteiger partial charge in [-0.2, -0.15) is 0 Å². The monoisotopic (exact) mass is 307 g/mol. The highest BCUT2D eigenvalue weighted by molar-refractivity contribution is 5.91. The van der Waals surface area contributed by atoms with Crippen LogP contribution in [0.15, 0.2) is 22.8 Å². The van der Waals surface area contributed by atoms with Gasteiger partial charge in [0.05, 0.1) is 6.26 Å². The third-order valence-corrected chi connectivity index (χ3v) is 4.20. The van der Waals surface area contributed by atoms with E-state index in [1.165, 1.54) is 31.9 Å². The Hall–Kier alpha value is -1.58. The average molecular weight is 307 g/mol. The predicted molar refractivity (Wildman–Crippen MR) is 87.8 cm³/mol. The highest BCUT2D eigenvalue weighted by atomic mass is 16.3. The molecule has 4 nitrogen and oxygen atoms in total. The molecule has 124 valence electrons. The first-order chi connectivity index (χ1) is 10.6. The lowest BCUT2D eigenvalue weighted by atomic mass is 9.79. The summed E-state index contributed by atoms with van der Waals surface area (Å²) in [6, 6.07) is 3.32. The Morgan fingerprint density at radius 3 is 2.36 bits per heavy atom. The maximum Gasteiger partial charge on any atom is 0.286 e. The van der Waals surface area contributed by atoms with Gasteiger partial charge in [0.2, 0.25) is 0 Å². The number of hydrogen-bond donors (Lipinski definition) is 1. The van der Waals surface area contributed by atoms with Crippen LogP contribution in [0.4, 0.5) is 0 Å². The molecule has 0 aliphatic heterocycles. The van der Waals surface area contributed by atoms with Crippen molar-refractivity contribution in [3.8, 4) is 0 Å². The van der Waals surface area contributed by atoms with Gasteiger partial charge in [-0.15, -0.1) is 0 Å². The number of rotatable bonds is 5. The summed E-state index contributed by atoms with van der Waals surface area (Å²) in [7, 11) is 0. The molecule has 0 saturated heterocycles. The first-order valence-corrected chi connectivity index (χ1v) is 8.40. The summed E-state index contributed by atoms with van der Waals surface area (Å²) in [5.74, 6) is 1.93. The fraction of sp³-hybridized carbons (Fsp3) is 0.667. The van der Waals surface area contributed by atoms with E-state index in [0.717, 1.165) is 18.8 Å². The Labute approximate surface area is 133 Å². The number of nitrogens with one attached hydrogen (secondary N) is 1. The van der Waals surface area contributed by atoms with Crippen LogP contribution >= 0.6 is 0 Å². The molecular weight excluding hydrogens is 278 g/mol. The molecule has 1 heterocycles. The Morgan fingerprint density at radius 2 is 1.91 bits per heavy atom. The second kappa shape index (κ2) is 10.2. The SMILES string of the molecule is CCCC1CCC(C(C)=O)CC1.CCNC(=O)c1ccco1. The number of carbonyl (C=O) groups excluding carboxylic acids is 2. The van der Waals surface area contributed by atoms with Crippen molar-refractivity contribution < 1.29 is 14.0 Å². The first-order valence-electron chi connectivity index (χ1n) is 8.40. The molecule has 0 bridgehead atoms. The first kappa shape index (κ1) is 18.5. The van der Waals surface area contributed by atoms with Crippen LogP contribution in [0, 0.1) is 11.8 Å². The van der Waals surface area contributed by atoms with Gasteiger partial charge in [-0.3, -0.25) is 9.59 Å². The minimum atomic E-state index is -0.160. The third kappa shape index (κ3) is 6.46. The molecule has 2 rings (SSSR count). The largest absolute Gasteiger partial charge is 0.459 e. The third-order valence-electron chi connectivity index (χ3n) is 4.20. The Balaban J connectivity index is 0.000000224. The summed E-state index contributed by atoms with van der Waals surface area (Å²) < 4.78 is 4.84. The van der Waals surface area contributed by atoms with Gasteiger partial charge < -0.3 is 9.73 Å². The number of carbonyl (C=O) groups is 2. The maximum absolute atomic E-state index is 11.1. The molecule has 1 fully saturated rings. The lowest BCUT2D eigenvalue weighted by Gasteiger charge is -2.26. The van der Waals surface area contributed by atoms with Gasteiger partial charge in [-0.25, -0.2) is 0 Å². The Morgan fingerprint density at radius 1 is 1.23 bits per heavy atom. The van der Waals surface area contributed by atoms with E-state index < -0.39 is 0 Å². The fourth-order valence-corrected chi connectivity index (χ4v) is 2.92. The molecule has 1 saturated carbocycles. The van der Waals surface area contributed by atoms with Gasteiger partial charge >= 0.3 is 0 Å². The smallest absolute Gasteiger partial charge is 0.286 e. The van der Waals surface area contributed by atoms with E-state index in [2.05, 4.69) is 12.2 Å². The topological polar surface area (TPSA) is 59.3 Å². The van der Waals surface area contributed by atoms with E-state index >= 15 is 0 Å². The van der Waals surface area contributed by atoms with Gasteiger partial charge in [-0.1, -0.05) is 19.8 Å². The summed E-state index contributed by atoms with van der Waals surface area (Å²) in [4.78, 5) is 22.0. The van der Waals surface area contributed by atoms with Gasteiger partial charge in [0.15, 0.2) is 5.76 Å². The number of hydrogen-bond acceptors (Lipinski definition) is 3. The normalized spacial score (nSPS) is 20.7. The van der Waals surface area contributed by atoms with Crippen molar-refractivity contribution in [3.05, 3.63) is 24.2 Å². The predicted octanol–water partition coefficient (Wildman–Crippen LogP) is 4.21. The molecule has 1 amide bonds. The number of ketones is 1. The van der Waals surface area contributed by atoms with Crippen LogP contribution in [-0.4, -0.2) is 18.2 Å². The molecule has 4 heteroatoms. The van der Waals surface area contributed by atoms with E-state index in [1.54, 1.807) is 19.1 Å². The summed E-state index contributed by atoms with van der Waals surface area (Å²) in [5, 5.41) is 2.62. The van der Waals surface area contributed by atoms with E-state index in [-0.39, 0.29) is 5.91 Å². The van der Waals surface area contributed by atoms with Gasteiger partial charge in [-0.05, 0) is 57.6 Å². The second-order valence-electron chi connectivity index (χ2n) is 5.95. The van der Waals surface area contributed by atoms with Crippen LogP contribution in [0.5, 0.6) is 0 Å². The van der Waals surface area contributed by atoms with E-state index in [1.807, 2.05) is 6.92 Å². The molecule has 1 aromatic rings. The molecule has 1 aromatic heterocycles. The molecular formula is C18H29NO3. The molecule has 1 aliphatic carbocycles. The molecule has 1 aliphatic rings. The summed E-state index contributed by atoms with van der Waals surface area (Å²) in [5.41, 5.74) is 0. The van der Waals surface area contributed by atoms with Crippen molar-refractivity contribution in [1.29, 1.82) is 0 Å². The highest BCUT2D eigenvalue weighted by Crippen LogP contribution is 2.31. The maximum atomic E-state index is 11.1. The molecule has 1 N–H and O–H groups in total. The van der Waals surface area contributed by atoms with Crippen molar-refractivity contribution in [1.82, 2.24) is 5.32 Å². The minimum absolute atomic E-state index is 0.160. The molecule has 22 heavy (non-hydrogen) atoms. The lowest BCUT2D eigenvalue weighted by Crippen LogP contribution is -2.21. The highest BCUT2D eigenvalue weighted by Gasteiger charge is 2.22. The van der Waals surface area contributed by atoms with Crippen LogP contribution in [0.2, 0.25) is 0 Å². The van der Waals surface area contributed by atoms with Crippen molar-refractivity contribution in [2.24, 2.45) is 11.8 Å². The zero-order valence-corrected chi connectivity index (χ0v) is 14.1. The van der Waals surface area contributed by atoms with Crippen molar-refractivity contribution in [3.63, 3.8) is 0 Å². The van der Waals surface area contributed by atoms with Crippen molar-refractivity contribution in [2.75, 3.05) is 6.54 Å². The van der Waals surface area contributed by atoms with Crippen LogP contribution in [0.3, 0.4) is 0 Å². The molecule has 0 spiro atoms. The fourth-order valence-electron chi connectivity index (χ4n) is 2.92. The number of amides is 1. The van der Waals surface area contributed by atoms with Gasteiger partial charge in [0.1, 0.15) is 5.78 Å². The van der Waals surface area contributed by atoms with Crippen LogP contribution in [0.25, 0.3) is 0 Å². The number of furan rings is 1. The lowest BCUT2D eigenvalue weighted by molar-refractivity contribution is -0.121. The zero-order chi connectivity index (χ0) is 16.4. The number of Topliss-reactive ketones (excluding diaryl/α,β-unsaturated/α-hetero) is 1. The van der Waals surface area contributed by atoms with Crippen LogP contribution in [0.1, 0.15) is 69.9 Å². The van der Waals surface area contributed by atoms with Crippen molar-refractivity contribution in [2.45, 2.75) is 59.3 Å². The van der Waals surface area contributed by atoms with Gasteiger partial charge in [0.25, 0.3) is 5.91 Å². The standard InChI is InChI=1S/C11H20O.C7H9NO2/c1-3-4-10-5-7-11(8-6-10)9(2)12;1-2-8-7(9)6-4-3-5-10-6/h10-11H,3-8H2,1-2H3;3-5H,2H2,1H3,(H,8,9). The Bertz CT molecular complexity index is 431. The molecule has 0 unspecified atom stereocenters. The van der Waals surface area contributed by atoms with E-state index in [0.29, 0.717) is 24.0 Å². The Kier molecular flexibility index (Phi) is 8.56. The minimum Gasteiger partial charge on any atom is -0.459 e. The quantitative estimate of drug-likeness (QED) is 0.886. The summed E-state index contributed by atoms with van der Waals surface area (Å²) >= 11 is 0. The van der Waals surface area contributed by atoms with Crippen LogP contribution in [-0.2, 0) is 4.79 Å². The van der Waals surface area contributed by atoms with Gasteiger partial charge in [0, 0.05) is 12.5 Å². The molecule has 0 aromatic carbocycles. The molecule has 0 radical (unpaired) electrons.